The molecule has 0 saturated heterocycles. The molecule has 0 unspecified atom stereocenters. The molecule has 2 rings (SSSR count). The number of carbonyl (C=O) groups is 2. The van der Waals surface area contributed by atoms with Crippen LogP contribution in [-0.2, 0) is 14.3 Å². The number of amides is 1. The summed E-state index contributed by atoms with van der Waals surface area (Å²) in [5.41, 5.74) is 2.03. The predicted molar refractivity (Wildman–Crippen MR) is 96.6 cm³/mol. The zero-order valence-corrected chi connectivity index (χ0v) is 14.7. The van der Waals surface area contributed by atoms with Crippen LogP contribution in [0, 0.1) is 18.3 Å². The molecule has 6 heteroatoms. The van der Waals surface area contributed by atoms with Gasteiger partial charge in [-0.1, -0.05) is 23.8 Å². The molecule has 0 heterocycles. The maximum Gasteiger partial charge on any atom is 0.310 e. The van der Waals surface area contributed by atoms with Gasteiger partial charge in [-0.25, -0.2) is 0 Å². The number of aryl methyl sites for hydroxylation is 1. The lowest BCUT2D eigenvalue weighted by Gasteiger charge is -2.14. The van der Waals surface area contributed by atoms with E-state index in [0.29, 0.717) is 17.0 Å². The third-order valence-electron chi connectivity index (χ3n) is 3.53. The molecule has 0 saturated carbocycles. The van der Waals surface area contributed by atoms with Gasteiger partial charge in [-0.05, 0) is 44.2 Å². The number of anilines is 1. The fourth-order valence-corrected chi connectivity index (χ4v) is 2.11. The first-order valence-corrected chi connectivity index (χ1v) is 8.18. The minimum atomic E-state index is -0.951. The third kappa shape index (κ3) is 5.95. The van der Waals surface area contributed by atoms with Gasteiger partial charge in [0.2, 0.25) is 0 Å². The van der Waals surface area contributed by atoms with Crippen LogP contribution in [0.2, 0.25) is 0 Å². The van der Waals surface area contributed by atoms with E-state index in [4.69, 9.17) is 14.7 Å². The van der Waals surface area contributed by atoms with Crippen molar-refractivity contribution in [3.63, 3.8) is 0 Å². The molecule has 0 spiro atoms. The van der Waals surface area contributed by atoms with Gasteiger partial charge in [0.15, 0.2) is 6.10 Å². The van der Waals surface area contributed by atoms with Gasteiger partial charge in [-0.15, -0.1) is 0 Å². The number of ether oxygens (including phenoxy) is 2. The maximum atomic E-state index is 12.1. The highest BCUT2D eigenvalue weighted by atomic mass is 16.5. The van der Waals surface area contributed by atoms with E-state index in [1.54, 1.807) is 24.3 Å². The van der Waals surface area contributed by atoms with Crippen LogP contribution in [0.5, 0.6) is 5.75 Å². The Bertz CT molecular complexity index is 809. The Hall–Kier alpha value is -3.33. The summed E-state index contributed by atoms with van der Waals surface area (Å²) in [5.74, 6) is -0.315. The van der Waals surface area contributed by atoms with Crippen molar-refractivity contribution in [3.05, 3.63) is 59.7 Å². The lowest BCUT2D eigenvalue weighted by molar-refractivity contribution is -0.153. The number of rotatable bonds is 7. The van der Waals surface area contributed by atoms with Crippen LogP contribution in [0.1, 0.15) is 24.5 Å². The molecule has 26 heavy (non-hydrogen) atoms. The van der Waals surface area contributed by atoms with E-state index in [1.165, 1.54) is 6.92 Å². The van der Waals surface area contributed by atoms with Crippen molar-refractivity contribution in [1.82, 2.24) is 0 Å². The van der Waals surface area contributed by atoms with Crippen molar-refractivity contribution in [2.24, 2.45) is 0 Å². The van der Waals surface area contributed by atoms with Gasteiger partial charge in [-0.3, -0.25) is 9.59 Å². The van der Waals surface area contributed by atoms with Crippen molar-refractivity contribution in [2.45, 2.75) is 26.4 Å². The fraction of sp³-hybridized carbons (Fsp3) is 0.250. The van der Waals surface area contributed by atoms with Gasteiger partial charge >= 0.3 is 5.97 Å². The lowest BCUT2D eigenvalue weighted by Crippen LogP contribution is -2.30. The summed E-state index contributed by atoms with van der Waals surface area (Å²) >= 11 is 0. The van der Waals surface area contributed by atoms with Crippen LogP contribution in [0.15, 0.2) is 48.5 Å². The van der Waals surface area contributed by atoms with Gasteiger partial charge in [0.25, 0.3) is 5.91 Å². The Labute approximate surface area is 152 Å². The smallest absolute Gasteiger partial charge is 0.310 e. The molecular formula is C20H20N2O4. The summed E-state index contributed by atoms with van der Waals surface area (Å²) in [6, 6.07) is 16.0. The number of benzene rings is 2. The molecule has 0 aromatic heterocycles. The van der Waals surface area contributed by atoms with Crippen LogP contribution in [-0.4, -0.2) is 24.6 Å². The molecule has 0 aliphatic carbocycles. The Morgan fingerprint density at radius 3 is 2.62 bits per heavy atom. The monoisotopic (exact) mass is 352 g/mol. The minimum absolute atomic E-state index is 0.0371. The molecule has 1 atom stereocenters. The largest absolute Gasteiger partial charge is 0.493 e. The van der Waals surface area contributed by atoms with Gasteiger partial charge < -0.3 is 14.8 Å². The van der Waals surface area contributed by atoms with Crippen molar-refractivity contribution < 1.29 is 19.1 Å². The number of esters is 1. The quantitative estimate of drug-likeness (QED) is 0.773. The molecule has 0 aliphatic rings. The molecule has 2 aromatic carbocycles. The number of carbonyl (C=O) groups excluding carboxylic acids is 2. The van der Waals surface area contributed by atoms with E-state index in [2.05, 4.69) is 5.32 Å². The molecule has 134 valence electrons. The molecule has 0 bridgehead atoms. The van der Waals surface area contributed by atoms with Crippen LogP contribution in [0.3, 0.4) is 0 Å². The highest BCUT2D eigenvalue weighted by molar-refractivity contribution is 5.95. The summed E-state index contributed by atoms with van der Waals surface area (Å²) in [5, 5.41) is 11.5. The number of hydrogen-bond acceptors (Lipinski definition) is 5. The minimum Gasteiger partial charge on any atom is -0.493 e. The van der Waals surface area contributed by atoms with Crippen molar-refractivity contribution in [3.8, 4) is 11.8 Å². The van der Waals surface area contributed by atoms with Crippen molar-refractivity contribution in [2.75, 3.05) is 11.9 Å². The zero-order valence-electron chi connectivity index (χ0n) is 14.7. The summed E-state index contributed by atoms with van der Waals surface area (Å²) in [4.78, 5) is 23.9. The molecule has 0 radical (unpaired) electrons. The zero-order chi connectivity index (χ0) is 18.9. The Kier molecular flexibility index (Phi) is 6.75. The van der Waals surface area contributed by atoms with E-state index >= 15 is 0 Å². The van der Waals surface area contributed by atoms with Crippen LogP contribution >= 0.6 is 0 Å². The average molecular weight is 352 g/mol. The van der Waals surface area contributed by atoms with E-state index in [-0.39, 0.29) is 13.0 Å². The normalized spacial score (nSPS) is 11.1. The third-order valence-corrected chi connectivity index (χ3v) is 3.53. The average Bonchev–Trinajstić information content (AvgIpc) is 2.63. The standard InChI is InChI=1S/C20H20N2O4/c1-14-6-8-18(9-7-14)25-11-10-19(23)26-15(2)20(24)22-17-5-3-4-16(12-17)13-21/h3-9,12,15H,10-11H2,1-2H3,(H,22,24)/t15-/m0/s1. The Balaban J connectivity index is 1.75. The van der Waals surface area contributed by atoms with Crippen LogP contribution < -0.4 is 10.1 Å². The molecule has 1 amide bonds. The second-order valence-electron chi connectivity index (χ2n) is 5.73. The second kappa shape index (κ2) is 9.23. The number of nitrogens with zero attached hydrogens (tertiary/aromatic N) is 1. The number of nitriles is 1. The summed E-state index contributed by atoms with van der Waals surface area (Å²) in [6.07, 6.45) is -0.914. The highest BCUT2D eigenvalue weighted by Gasteiger charge is 2.18. The van der Waals surface area contributed by atoms with E-state index in [9.17, 15) is 9.59 Å². The molecule has 0 fully saturated rings. The van der Waals surface area contributed by atoms with Crippen molar-refractivity contribution >= 4 is 17.6 Å². The van der Waals surface area contributed by atoms with Gasteiger partial charge in [-0.2, -0.15) is 5.26 Å². The Morgan fingerprint density at radius 1 is 1.19 bits per heavy atom. The predicted octanol–water partition coefficient (Wildman–Crippen LogP) is 3.21. The van der Waals surface area contributed by atoms with Crippen molar-refractivity contribution in [1.29, 1.82) is 5.26 Å². The van der Waals surface area contributed by atoms with Gasteiger partial charge in [0.1, 0.15) is 5.75 Å². The van der Waals surface area contributed by atoms with Crippen LogP contribution in [0.4, 0.5) is 5.69 Å². The first-order chi connectivity index (χ1) is 12.5. The SMILES string of the molecule is Cc1ccc(OCCC(=O)O[C@@H](C)C(=O)Nc2cccc(C#N)c2)cc1. The molecule has 0 aliphatic heterocycles. The number of hydrogen-bond donors (Lipinski definition) is 1. The van der Waals surface area contributed by atoms with Crippen LogP contribution in [0.25, 0.3) is 0 Å². The lowest BCUT2D eigenvalue weighted by atomic mass is 10.2. The van der Waals surface area contributed by atoms with E-state index in [0.717, 1.165) is 5.56 Å². The maximum absolute atomic E-state index is 12.1. The topological polar surface area (TPSA) is 88.4 Å². The highest BCUT2D eigenvalue weighted by Crippen LogP contribution is 2.12. The van der Waals surface area contributed by atoms with Gasteiger partial charge in [0.05, 0.1) is 24.7 Å². The first-order valence-electron chi connectivity index (χ1n) is 8.18. The number of nitrogens with one attached hydrogen (secondary N) is 1. The summed E-state index contributed by atoms with van der Waals surface area (Å²) in [7, 11) is 0. The molecule has 2 aromatic rings. The van der Waals surface area contributed by atoms with Gasteiger partial charge in [0, 0.05) is 5.69 Å². The van der Waals surface area contributed by atoms with E-state index < -0.39 is 18.0 Å². The molecule has 1 N–H and O–H groups in total. The molecular weight excluding hydrogens is 332 g/mol. The second-order valence-corrected chi connectivity index (χ2v) is 5.73. The Morgan fingerprint density at radius 2 is 1.92 bits per heavy atom. The van der Waals surface area contributed by atoms with E-state index in [1.807, 2.05) is 37.3 Å². The fourth-order valence-electron chi connectivity index (χ4n) is 2.11. The molecule has 6 nitrogen and oxygen atoms in total. The summed E-state index contributed by atoms with van der Waals surface area (Å²) in [6.45, 7) is 3.63. The summed E-state index contributed by atoms with van der Waals surface area (Å²) < 4.78 is 10.6. The first kappa shape index (κ1) is 19.0.